The molecule has 1 aromatic carbocycles. The average Bonchev–Trinajstić information content (AvgIpc) is 2.39. The van der Waals surface area contributed by atoms with Crippen molar-refractivity contribution in [3.05, 3.63) is 29.3 Å². The molecule has 0 saturated carbocycles. The lowest BCUT2D eigenvalue weighted by atomic mass is 10.1. The van der Waals surface area contributed by atoms with Crippen LogP contribution in [-0.2, 0) is 9.47 Å². The highest BCUT2D eigenvalue weighted by atomic mass is 16.5. The van der Waals surface area contributed by atoms with Crippen molar-refractivity contribution < 1.29 is 19.3 Å². The number of methoxy groups -OCH3 is 1. The lowest BCUT2D eigenvalue weighted by molar-refractivity contribution is 0.0804. The summed E-state index contributed by atoms with van der Waals surface area (Å²) in [5.74, 6) is 0.838. The Morgan fingerprint density at radius 3 is 2.58 bits per heavy atom. The van der Waals surface area contributed by atoms with Gasteiger partial charge in [-0.3, -0.25) is 0 Å². The summed E-state index contributed by atoms with van der Waals surface area (Å²) in [5, 5.41) is 9.48. The van der Waals surface area contributed by atoms with E-state index in [1.165, 1.54) is 0 Å². The molecule has 0 aromatic heterocycles. The molecule has 19 heavy (non-hydrogen) atoms. The van der Waals surface area contributed by atoms with Gasteiger partial charge in [0.15, 0.2) is 0 Å². The Morgan fingerprint density at radius 2 is 1.95 bits per heavy atom. The predicted molar refractivity (Wildman–Crippen MR) is 74.6 cm³/mol. The molecule has 0 radical (unpaired) electrons. The van der Waals surface area contributed by atoms with E-state index in [1.54, 1.807) is 14.0 Å². The van der Waals surface area contributed by atoms with E-state index >= 15 is 0 Å². The predicted octanol–water partition coefficient (Wildman–Crippen LogP) is 2.48. The molecule has 0 aliphatic heterocycles. The fourth-order valence-corrected chi connectivity index (χ4v) is 1.71. The fraction of sp³-hybridized carbons (Fsp3) is 0.600. The van der Waals surface area contributed by atoms with Crippen molar-refractivity contribution in [2.75, 3.05) is 33.5 Å². The second kappa shape index (κ2) is 8.91. The van der Waals surface area contributed by atoms with Gasteiger partial charge >= 0.3 is 0 Å². The zero-order chi connectivity index (χ0) is 14.1. The number of aliphatic hydroxyl groups is 1. The smallest absolute Gasteiger partial charge is 0.122 e. The molecule has 0 saturated heterocycles. The minimum Gasteiger partial charge on any atom is -0.491 e. The van der Waals surface area contributed by atoms with Crippen molar-refractivity contribution in [1.29, 1.82) is 0 Å². The van der Waals surface area contributed by atoms with Gasteiger partial charge < -0.3 is 19.3 Å². The molecule has 1 rings (SSSR count). The summed E-state index contributed by atoms with van der Waals surface area (Å²) in [6.07, 6.45) is 0.454. The van der Waals surface area contributed by atoms with Gasteiger partial charge in [-0.1, -0.05) is 6.07 Å². The highest BCUT2D eigenvalue weighted by molar-refractivity contribution is 5.36. The minimum absolute atomic E-state index is 0.447. The van der Waals surface area contributed by atoms with E-state index in [-0.39, 0.29) is 0 Å². The standard InChI is InChI=1S/C15H24O4/c1-12-11-14(13(2)16)5-6-15(12)19-10-9-18-8-4-7-17-3/h5-6,11,13,16H,4,7-10H2,1-3H3. The van der Waals surface area contributed by atoms with E-state index < -0.39 is 6.10 Å². The van der Waals surface area contributed by atoms with Crippen LogP contribution in [0.15, 0.2) is 18.2 Å². The molecule has 0 amide bonds. The highest BCUT2D eigenvalue weighted by Crippen LogP contribution is 2.22. The zero-order valence-electron chi connectivity index (χ0n) is 12.0. The molecular weight excluding hydrogens is 244 g/mol. The van der Waals surface area contributed by atoms with Gasteiger partial charge in [0.25, 0.3) is 0 Å². The SMILES string of the molecule is COCCCOCCOc1ccc(C(C)O)cc1C. The molecule has 1 unspecified atom stereocenters. The third kappa shape index (κ3) is 6.05. The number of benzene rings is 1. The van der Waals surface area contributed by atoms with Crippen molar-refractivity contribution in [2.45, 2.75) is 26.4 Å². The third-order valence-corrected chi connectivity index (χ3v) is 2.80. The molecule has 1 N–H and O–H groups in total. The average molecular weight is 268 g/mol. The number of aryl methyl sites for hydroxylation is 1. The van der Waals surface area contributed by atoms with Crippen LogP contribution in [-0.4, -0.2) is 38.6 Å². The van der Waals surface area contributed by atoms with Gasteiger partial charge in [-0.15, -0.1) is 0 Å². The lowest BCUT2D eigenvalue weighted by Gasteiger charge is -2.12. The molecule has 0 fully saturated rings. The molecule has 108 valence electrons. The Labute approximate surface area is 115 Å². The van der Waals surface area contributed by atoms with Gasteiger partial charge in [0.1, 0.15) is 12.4 Å². The summed E-state index contributed by atoms with van der Waals surface area (Å²) < 4.78 is 16.0. The van der Waals surface area contributed by atoms with Crippen LogP contribution in [0.25, 0.3) is 0 Å². The molecule has 0 aliphatic rings. The van der Waals surface area contributed by atoms with E-state index in [1.807, 2.05) is 25.1 Å². The number of ether oxygens (including phenoxy) is 3. The summed E-state index contributed by atoms with van der Waals surface area (Å²) in [6.45, 7) is 6.24. The van der Waals surface area contributed by atoms with Crippen molar-refractivity contribution >= 4 is 0 Å². The zero-order valence-corrected chi connectivity index (χ0v) is 12.0. The first-order valence-corrected chi connectivity index (χ1v) is 6.63. The van der Waals surface area contributed by atoms with E-state index in [9.17, 15) is 5.11 Å². The van der Waals surface area contributed by atoms with Crippen LogP contribution in [0.5, 0.6) is 5.75 Å². The topological polar surface area (TPSA) is 47.9 Å². The number of aliphatic hydroxyl groups excluding tert-OH is 1. The molecule has 0 heterocycles. The number of hydrogen-bond donors (Lipinski definition) is 1. The highest BCUT2D eigenvalue weighted by Gasteiger charge is 2.04. The molecule has 0 spiro atoms. The largest absolute Gasteiger partial charge is 0.491 e. The van der Waals surface area contributed by atoms with E-state index in [2.05, 4.69) is 0 Å². The van der Waals surface area contributed by atoms with Crippen LogP contribution in [0.1, 0.15) is 30.6 Å². The lowest BCUT2D eigenvalue weighted by Crippen LogP contribution is -2.09. The van der Waals surface area contributed by atoms with Gasteiger partial charge in [-0.25, -0.2) is 0 Å². The first-order valence-electron chi connectivity index (χ1n) is 6.63. The number of hydrogen-bond acceptors (Lipinski definition) is 4. The van der Waals surface area contributed by atoms with Crippen LogP contribution in [0.2, 0.25) is 0 Å². The summed E-state index contributed by atoms with van der Waals surface area (Å²) in [6, 6.07) is 5.72. The Bertz CT molecular complexity index is 363. The Hall–Kier alpha value is -1.10. The first kappa shape index (κ1) is 16.0. The minimum atomic E-state index is -0.447. The summed E-state index contributed by atoms with van der Waals surface area (Å²) in [5.41, 5.74) is 1.93. The maximum Gasteiger partial charge on any atom is 0.122 e. The third-order valence-electron chi connectivity index (χ3n) is 2.80. The van der Waals surface area contributed by atoms with Crippen LogP contribution in [0, 0.1) is 6.92 Å². The van der Waals surface area contributed by atoms with Crippen molar-refractivity contribution in [3.8, 4) is 5.75 Å². The summed E-state index contributed by atoms with van der Waals surface area (Å²) in [4.78, 5) is 0. The van der Waals surface area contributed by atoms with E-state index in [0.29, 0.717) is 19.8 Å². The second-order valence-corrected chi connectivity index (χ2v) is 4.51. The second-order valence-electron chi connectivity index (χ2n) is 4.51. The van der Waals surface area contributed by atoms with Crippen molar-refractivity contribution in [3.63, 3.8) is 0 Å². The number of rotatable bonds is 9. The quantitative estimate of drug-likeness (QED) is 0.699. The first-order chi connectivity index (χ1) is 9.15. The molecule has 0 aliphatic carbocycles. The maximum atomic E-state index is 9.48. The van der Waals surface area contributed by atoms with Crippen LogP contribution < -0.4 is 4.74 Å². The fourth-order valence-electron chi connectivity index (χ4n) is 1.71. The molecule has 1 atom stereocenters. The maximum absolute atomic E-state index is 9.48. The van der Waals surface area contributed by atoms with Gasteiger partial charge in [-0.2, -0.15) is 0 Å². The Morgan fingerprint density at radius 1 is 1.16 bits per heavy atom. The van der Waals surface area contributed by atoms with Crippen molar-refractivity contribution in [2.24, 2.45) is 0 Å². The van der Waals surface area contributed by atoms with Gasteiger partial charge in [-0.05, 0) is 43.5 Å². The van der Waals surface area contributed by atoms with Gasteiger partial charge in [0.05, 0.1) is 12.7 Å². The molecule has 0 bridgehead atoms. The summed E-state index contributed by atoms with van der Waals surface area (Å²) >= 11 is 0. The van der Waals surface area contributed by atoms with Crippen LogP contribution in [0.4, 0.5) is 0 Å². The van der Waals surface area contributed by atoms with Crippen LogP contribution in [0.3, 0.4) is 0 Å². The van der Waals surface area contributed by atoms with Gasteiger partial charge in [0.2, 0.25) is 0 Å². The van der Waals surface area contributed by atoms with Crippen molar-refractivity contribution in [1.82, 2.24) is 0 Å². The normalized spacial score (nSPS) is 12.4. The molecule has 4 nitrogen and oxygen atoms in total. The van der Waals surface area contributed by atoms with E-state index in [0.717, 1.165) is 29.9 Å². The van der Waals surface area contributed by atoms with Crippen LogP contribution >= 0.6 is 0 Å². The van der Waals surface area contributed by atoms with E-state index in [4.69, 9.17) is 14.2 Å². The Balaban J connectivity index is 2.26. The summed E-state index contributed by atoms with van der Waals surface area (Å²) in [7, 11) is 1.68. The molecule has 4 heteroatoms. The Kier molecular flexibility index (Phi) is 7.48. The molecular formula is C15H24O4. The molecule has 1 aromatic rings. The van der Waals surface area contributed by atoms with Gasteiger partial charge in [0, 0.05) is 20.3 Å². The monoisotopic (exact) mass is 268 g/mol.